The van der Waals surface area contributed by atoms with Crippen LogP contribution in [0.1, 0.15) is 44.2 Å². The summed E-state index contributed by atoms with van der Waals surface area (Å²) in [5.41, 5.74) is 0.426. The summed E-state index contributed by atoms with van der Waals surface area (Å²) < 4.78 is 4.59. The van der Waals surface area contributed by atoms with Gasteiger partial charge in [0.05, 0.1) is 13.0 Å². The van der Waals surface area contributed by atoms with Gasteiger partial charge in [0.15, 0.2) is 0 Å². The predicted molar refractivity (Wildman–Crippen MR) is 74.2 cm³/mol. The van der Waals surface area contributed by atoms with Crippen LogP contribution in [0.15, 0.2) is 24.3 Å². The van der Waals surface area contributed by atoms with Crippen LogP contribution in [0.4, 0.5) is 0 Å². The third-order valence-corrected chi connectivity index (χ3v) is 3.98. The molecule has 0 radical (unpaired) electrons. The van der Waals surface area contributed by atoms with Crippen LogP contribution < -0.4 is 0 Å². The summed E-state index contributed by atoms with van der Waals surface area (Å²) in [6, 6.07) is 7.68. The number of nitrogens with zero attached hydrogens (tertiary/aromatic N) is 1. The van der Waals surface area contributed by atoms with E-state index in [1.165, 1.54) is 7.11 Å². The van der Waals surface area contributed by atoms with E-state index in [2.05, 4.69) is 25.5 Å². The van der Waals surface area contributed by atoms with Gasteiger partial charge in [-0.2, -0.15) is 0 Å². The van der Waals surface area contributed by atoms with Crippen molar-refractivity contribution >= 4 is 5.97 Å². The van der Waals surface area contributed by atoms with Crippen LogP contribution in [0.5, 0.6) is 0 Å². The van der Waals surface area contributed by atoms with Crippen LogP contribution >= 0.6 is 0 Å². The fraction of sp³-hybridized carbons (Fsp3) is 0.533. The van der Waals surface area contributed by atoms with Gasteiger partial charge < -0.3 is 4.74 Å². The molecule has 2 rings (SSSR count). The number of benzene rings is 1. The first-order chi connectivity index (χ1) is 9.23. The van der Waals surface area contributed by atoms with Crippen LogP contribution in [0.3, 0.4) is 0 Å². The fourth-order valence-corrected chi connectivity index (χ4v) is 2.54. The molecule has 0 unspecified atom stereocenters. The van der Waals surface area contributed by atoms with Crippen LogP contribution in [-0.2, 0) is 14.9 Å². The molecule has 0 N–H and O–H groups in total. The van der Waals surface area contributed by atoms with Crippen molar-refractivity contribution in [3.05, 3.63) is 45.5 Å². The maximum Gasteiger partial charge on any atom is 0.385 e. The molecule has 108 valence electrons. The van der Waals surface area contributed by atoms with E-state index in [0.29, 0.717) is 0 Å². The minimum Gasteiger partial charge on any atom is -0.464 e. The van der Waals surface area contributed by atoms with E-state index >= 15 is 0 Å². The highest BCUT2D eigenvalue weighted by Gasteiger charge is 2.73. The summed E-state index contributed by atoms with van der Waals surface area (Å²) in [7, 11) is 1.19. The van der Waals surface area contributed by atoms with Crippen molar-refractivity contribution in [2.75, 3.05) is 7.11 Å². The number of ether oxygens (including phenoxy) is 1. The first-order valence-electron chi connectivity index (χ1n) is 6.57. The van der Waals surface area contributed by atoms with Gasteiger partial charge in [-0.25, -0.2) is 4.79 Å². The lowest BCUT2D eigenvalue weighted by Crippen LogP contribution is -2.34. The summed E-state index contributed by atoms with van der Waals surface area (Å²) in [5.74, 6) is -1.15. The molecule has 0 aliphatic heterocycles. The van der Waals surface area contributed by atoms with Gasteiger partial charge in [0, 0.05) is 11.3 Å². The molecule has 0 bridgehead atoms. The number of carbonyl (C=O) groups excluding carboxylic acids is 1. The highest BCUT2D eigenvalue weighted by molar-refractivity contribution is 5.85. The van der Waals surface area contributed by atoms with Gasteiger partial charge >= 0.3 is 11.5 Å². The molecule has 2 atom stereocenters. The van der Waals surface area contributed by atoms with E-state index in [9.17, 15) is 14.9 Å². The molecule has 1 aliphatic carbocycles. The molecule has 5 heteroatoms. The Bertz CT molecular complexity index is 544. The van der Waals surface area contributed by atoms with Crippen LogP contribution in [-0.4, -0.2) is 23.5 Å². The molecular formula is C15H19NO4. The second-order valence-electron chi connectivity index (χ2n) is 6.30. The quantitative estimate of drug-likeness (QED) is 0.484. The monoisotopic (exact) mass is 277 g/mol. The topological polar surface area (TPSA) is 69.4 Å². The number of hydrogen-bond donors (Lipinski definition) is 0. The van der Waals surface area contributed by atoms with E-state index in [-0.39, 0.29) is 17.8 Å². The average molecular weight is 277 g/mol. The summed E-state index contributed by atoms with van der Waals surface area (Å²) in [6.45, 7) is 6.32. The lowest BCUT2D eigenvalue weighted by atomic mass is 9.86. The molecule has 0 aromatic heterocycles. The van der Waals surface area contributed by atoms with Crippen LogP contribution in [0.25, 0.3) is 0 Å². The SMILES string of the molecule is COC(=O)[C@]1([N+](=O)[O-])C[C@@H]1c1ccc(C(C)(C)C)cc1. The van der Waals surface area contributed by atoms with Gasteiger partial charge in [0.2, 0.25) is 0 Å². The van der Waals surface area contributed by atoms with Crippen molar-refractivity contribution in [2.24, 2.45) is 0 Å². The van der Waals surface area contributed by atoms with Gasteiger partial charge in [0.25, 0.3) is 0 Å². The van der Waals surface area contributed by atoms with Crippen molar-refractivity contribution in [1.29, 1.82) is 0 Å². The zero-order chi connectivity index (χ0) is 15.1. The predicted octanol–water partition coefficient (Wildman–Crippen LogP) is 2.66. The number of hydrogen-bond acceptors (Lipinski definition) is 4. The maximum atomic E-state index is 11.7. The summed E-state index contributed by atoms with van der Waals surface area (Å²) in [4.78, 5) is 22.4. The van der Waals surface area contributed by atoms with Crippen molar-refractivity contribution in [2.45, 2.75) is 44.1 Å². The molecule has 5 nitrogen and oxygen atoms in total. The van der Waals surface area contributed by atoms with Crippen molar-refractivity contribution in [3.63, 3.8) is 0 Å². The first-order valence-corrected chi connectivity index (χ1v) is 6.57. The standard InChI is InChI=1S/C15H19NO4/c1-14(2,3)11-7-5-10(6-8-11)12-9-15(12,16(18)19)13(17)20-4/h5-8,12H,9H2,1-4H3/t12-,15+/m1/s1. The average Bonchev–Trinajstić information content (AvgIpc) is 3.13. The Morgan fingerprint density at radius 3 is 2.30 bits per heavy atom. The summed E-state index contributed by atoms with van der Waals surface area (Å²) in [5, 5.41) is 11.2. The summed E-state index contributed by atoms with van der Waals surface area (Å²) in [6.07, 6.45) is 0.210. The number of nitro groups is 1. The normalized spacial score (nSPS) is 25.1. The Kier molecular flexibility index (Phi) is 3.32. The lowest BCUT2D eigenvalue weighted by Gasteiger charge is -2.19. The highest BCUT2D eigenvalue weighted by Crippen LogP contribution is 2.54. The van der Waals surface area contributed by atoms with Gasteiger partial charge in [-0.15, -0.1) is 0 Å². The molecule has 1 fully saturated rings. The van der Waals surface area contributed by atoms with Gasteiger partial charge in [0.1, 0.15) is 0 Å². The van der Waals surface area contributed by atoms with Gasteiger partial charge in [-0.3, -0.25) is 10.1 Å². The van der Waals surface area contributed by atoms with E-state index in [4.69, 9.17) is 0 Å². The zero-order valence-corrected chi connectivity index (χ0v) is 12.2. The van der Waals surface area contributed by atoms with Gasteiger partial charge in [-0.1, -0.05) is 45.0 Å². The minimum atomic E-state index is -1.59. The zero-order valence-electron chi connectivity index (χ0n) is 12.2. The Morgan fingerprint density at radius 1 is 1.35 bits per heavy atom. The third kappa shape index (κ3) is 2.17. The van der Waals surface area contributed by atoms with Crippen LogP contribution in [0, 0.1) is 10.1 Å². The molecule has 1 saturated carbocycles. The molecule has 0 amide bonds. The second kappa shape index (κ2) is 4.58. The van der Waals surface area contributed by atoms with Gasteiger partial charge in [-0.05, 0) is 16.5 Å². The molecule has 20 heavy (non-hydrogen) atoms. The molecular weight excluding hydrogens is 258 g/mol. The van der Waals surface area contributed by atoms with E-state index in [1.54, 1.807) is 0 Å². The minimum absolute atomic E-state index is 0.0324. The highest BCUT2D eigenvalue weighted by atomic mass is 16.6. The van der Waals surface area contributed by atoms with Crippen molar-refractivity contribution in [3.8, 4) is 0 Å². The third-order valence-electron chi connectivity index (χ3n) is 3.98. The molecule has 1 aromatic carbocycles. The Labute approximate surface area is 118 Å². The number of esters is 1. The first kappa shape index (κ1) is 14.5. The van der Waals surface area contributed by atoms with Crippen molar-refractivity contribution < 1.29 is 14.5 Å². The van der Waals surface area contributed by atoms with E-state index < -0.39 is 16.4 Å². The number of methoxy groups -OCH3 is 1. The number of rotatable bonds is 3. The Morgan fingerprint density at radius 2 is 1.90 bits per heavy atom. The fourth-order valence-electron chi connectivity index (χ4n) is 2.54. The molecule has 0 saturated heterocycles. The largest absolute Gasteiger partial charge is 0.464 e. The number of carbonyl (C=O) groups is 1. The van der Waals surface area contributed by atoms with Crippen LogP contribution in [0.2, 0.25) is 0 Å². The Hall–Kier alpha value is -1.91. The molecule has 1 aromatic rings. The molecule has 0 spiro atoms. The second-order valence-corrected chi connectivity index (χ2v) is 6.30. The smallest absolute Gasteiger partial charge is 0.385 e. The maximum absolute atomic E-state index is 11.7. The Balaban J connectivity index is 2.27. The lowest BCUT2D eigenvalue weighted by molar-refractivity contribution is -0.526. The van der Waals surface area contributed by atoms with Crippen molar-refractivity contribution in [1.82, 2.24) is 0 Å². The summed E-state index contributed by atoms with van der Waals surface area (Å²) >= 11 is 0. The van der Waals surface area contributed by atoms with E-state index in [0.717, 1.165) is 11.1 Å². The molecule has 0 heterocycles. The van der Waals surface area contributed by atoms with E-state index in [1.807, 2.05) is 24.3 Å². The molecule has 1 aliphatic rings.